The van der Waals surface area contributed by atoms with Crippen LogP contribution in [0.2, 0.25) is 0 Å². The summed E-state index contributed by atoms with van der Waals surface area (Å²) in [5, 5.41) is 0. The van der Waals surface area contributed by atoms with Gasteiger partial charge in [0.05, 0.1) is 0 Å². The number of fused-ring (bicyclic) bond motifs is 5. The topological polar surface area (TPSA) is 3.24 Å². The van der Waals surface area contributed by atoms with E-state index in [1.807, 2.05) is 0 Å². The summed E-state index contributed by atoms with van der Waals surface area (Å²) in [6.07, 6.45) is 6.48. The molecule has 0 aromatic carbocycles. The van der Waals surface area contributed by atoms with Crippen LogP contribution in [0.3, 0.4) is 0 Å². The normalized spacial score (nSPS) is 48.6. The second kappa shape index (κ2) is 3.60. The molecule has 1 aliphatic heterocycles. The van der Waals surface area contributed by atoms with Crippen LogP contribution in [0, 0.1) is 29.1 Å². The third-order valence-corrected chi connectivity index (χ3v) is 5.81. The van der Waals surface area contributed by atoms with Crippen LogP contribution in [0.5, 0.6) is 0 Å². The molecule has 0 aromatic heterocycles. The van der Waals surface area contributed by atoms with Crippen LogP contribution < -0.4 is 0 Å². The van der Waals surface area contributed by atoms with Crippen molar-refractivity contribution in [1.29, 1.82) is 0 Å². The van der Waals surface area contributed by atoms with Gasteiger partial charge in [-0.2, -0.15) is 0 Å². The zero-order valence-corrected chi connectivity index (χ0v) is 12.0. The number of likely N-dealkylation sites (tertiary alicyclic amines) is 1. The van der Waals surface area contributed by atoms with E-state index in [9.17, 15) is 0 Å². The summed E-state index contributed by atoms with van der Waals surface area (Å²) in [5.74, 6) is 3.44. The van der Waals surface area contributed by atoms with E-state index in [2.05, 4.69) is 51.7 Å². The van der Waals surface area contributed by atoms with E-state index >= 15 is 0 Å². The Bertz CT molecular complexity index is 343. The molecular formula is C16H27N. The van der Waals surface area contributed by atoms with E-state index in [0.29, 0.717) is 11.5 Å². The van der Waals surface area contributed by atoms with E-state index < -0.39 is 0 Å². The summed E-state index contributed by atoms with van der Waals surface area (Å²) in [4.78, 5) is 2.79. The van der Waals surface area contributed by atoms with Crippen LogP contribution in [-0.2, 0) is 0 Å². The fourth-order valence-corrected chi connectivity index (χ4v) is 5.11. The average molecular weight is 233 g/mol. The number of rotatable bonds is 2. The fraction of sp³-hybridized carbons (Fsp3) is 0.875. The van der Waals surface area contributed by atoms with Crippen molar-refractivity contribution >= 4 is 0 Å². The van der Waals surface area contributed by atoms with Gasteiger partial charge in [-0.15, -0.1) is 0 Å². The Balaban J connectivity index is 1.98. The second-order valence-corrected chi connectivity index (χ2v) is 7.42. The fourth-order valence-electron chi connectivity index (χ4n) is 5.11. The van der Waals surface area contributed by atoms with Crippen molar-refractivity contribution < 1.29 is 0 Å². The Morgan fingerprint density at radius 2 is 1.88 bits per heavy atom. The van der Waals surface area contributed by atoms with Gasteiger partial charge in [0.15, 0.2) is 0 Å². The third kappa shape index (κ3) is 1.41. The molecule has 0 aromatic rings. The standard InChI is InChI=1S/C16H27N/c1-10(2)15-14-12-6-7-13(8-12)16(14,5)9-17(15)11(3)4/h6-7,10-15H,8-9H2,1-5H3. The molecule has 2 aliphatic carbocycles. The lowest BCUT2D eigenvalue weighted by Gasteiger charge is -2.36. The molecule has 2 fully saturated rings. The van der Waals surface area contributed by atoms with Gasteiger partial charge in [-0.25, -0.2) is 0 Å². The van der Waals surface area contributed by atoms with Crippen molar-refractivity contribution in [2.24, 2.45) is 29.1 Å². The lowest BCUT2D eigenvalue weighted by Crippen LogP contribution is -2.42. The minimum Gasteiger partial charge on any atom is -0.297 e. The summed E-state index contributed by atoms with van der Waals surface area (Å²) in [5.41, 5.74) is 0.568. The quantitative estimate of drug-likeness (QED) is 0.659. The molecule has 0 N–H and O–H groups in total. The molecule has 0 spiro atoms. The molecule has 5 unspecified atom stereocenters. The molecule has 3 aliphatic rings. The van der Waals surface area contributed by atoms with Gasteiger partial charge in [-0.1, -0.05) is 32.9 Å². The van der Waals surface area contributed by atoms with E-state index in [1.165, 1.54) is 13.0 Å². The molecule has 1 saturated heterocycles. The molecule has 0 radical (unpaired) electrons. The van der Waals surface area contributed by atoms with E-state index in [1.54, 1.807) is 0 Å². The van der Waals surface area contributed by atoms with Gasteiger partial charge < -0.3 is 0 Å². The van der Waals surface area contributed by atoms with Gasteiger partial charge >= 0.3 is 0 Å². The smallest absolute Gasteiger partial charge is 0.0161 e. The minimum absolute atomic E-state index is 0.568. The Morgan fingerprint density at radius 3 is 2.47 bits per heavy atom. The summed E-state index contributed by atoms with van der Waals surface area (Å²) >= 11 is 0. The first-order valence-electron chi connectivity index (χ1n) is 7.39. The van der Waals surface area contributed by atoms with E-state index in [0.717, 1.165) is 29.7 Å². The molecule has 3 rings (SSSR count). The highest BCUT2D eigenvalue weighted by Gasteiger charge is 2.61. The summed E-state index contributed by atoms with van der Waals surface area (Å²) < 4.78 is 0. The Kier molecular flexibility index (Phi) is 2.49. The average Bonchev–Trinajstić information content (AvgIpc) is 2.83. The van der Waals surface area contributed by atoms with Crippen molar-refractivity contribution in [3.63, 3.8) is 0 Å². The first-order valence-corrected chi connectivity index (χ1v) is 7.39. The van der Waals surface area contributed by atoms with Gasteiger partial charge in [-0.05, 0) is 49.4 Å². The van der Waals surface area contributed by atoms with Crippen molar-refractivity contribution in [2.75, 3.05) is 6.54 Å². The number of nitrogens with zero attached hydrogens (tertiary/aromatic N) is 1. The monoisotopic (exact) mass is 233 g/mol. The second-order valence-electron chi connectivity index (χ2n) is 7.42. The maximum atomic E-state index is 2.79. The number of hydrogen-bond donors (Lipinski definition) is 0. The Morgan fingerprint density at radius 1 is 1.18 bits per heavy atom. The number of hydrogen-bond acceptors (Lipinski definition) is 1. The van der Waals surface area contributed by atoms with Gasteiger partial charge in [-0.3, -0.25) is 4.90 Å². The van der Waals surface area contributed by atoms with Crippen LogP contribution in [0.4, 0.5) is 0 Å². The lowest BCUT2D eigenvalue weighted by atomic mass is 9.68. The highest BCUT2D eigenvalue weighted by molar-refractivity contribution is 5.23. The first kappa shape index (κ1) is 11.8. The Labute approximate surface area is 106 Å². The van der Waals surface area contributed by atoms with Crippen LogP contribution in [-0.4, -0.2) is 23.5 Å². The van der Waals surface area contributed by atoms with Crippen molar-refractivity contribution in [2.45, 2.75) is 53.1 Å². The number of allylic oxidation sites excluding steroid dienone is 2. The maximum absolute atomic E-state index is 2.79. The molecule has 96 valence electrons. The van der Waals surface area contributed by atoms with E-state index in [4.69, 9.17) is 0 Å². The molecule has 2 bridgehead atoms. The third-order valence-electron chi connectivity index (χ3n) is 5.81. The zero-order valence-electron chi connectivity index (χ0n) is 12.0. The molecule has 1 heteroatoms. The zero-order chi connectivity index (χ0) is 12.4. The molecule has 1 nitrogen and oxygen atoms in total. The summed E-state index contributed by atoms with van der Waals surface area (Å²) in [6.45, 7) is 13.5. The molecular weight excluding hydrogens is 206 g/mol. The summed E-state index contributed by atoms with van der Waals surface area (Å²) in [7, 11) is 0. The van der Waals surface area contributed by atoms with Crippen LogP contribution in [0.15, 0.2) is 12.2 Å². The molecule has 5 atom stereocenters. The van der Waals surface area contributed by atoms with Gasteiger partial charge in [0.25, 0.3) is 0 Å². The maximum Gasteiger partial charge on any atom is 0.0161 e. The van der Waals surface area contributed by atoms with Crippen molar-refractivity contribution in [3.05, 3.63) is 12.2 Å². The largest absolute Gasteiger partial charge is 0.297 e. The van der Waals surface area contributed by atoms with Crippen LogP contribution in [0.25, 0.3) is 0 Å². The Hall–Kier alpha value is -0.300. The van der Waals surface area contributed by atoms with Crippen LogP contribution >= 0.6 is 0 Å². The highest BCUT2D eigenvalue weighted by atomic mass is 15.2. The summed E-state index contributed by atoms with van der Waals surface area (Å²) in [6, 6.07) is 1.50. The van der Waals surface area contributed by atoms with Crippen molar-refractivity contribution in [3.8, 4) is 0 Å². The first-order chi connectivity index (χ1) is 7.95. The lowest BCUT2D eigenvalue weighted by molar-refractivity contribution is 0.128. The van der Waals surface area contributed by atoms with E-state index in [-0.39, 0.29) is 0 Å². The SMILES string of the molecule is CC(C)C1C2C3C=CC(C3)C2(C)CN1C(C)C. The van der Waals surface area contributed by atoms with Crippen LogP contribution in [0.1, 0.15) is 41.0 Å². The molecule has 17 heavy (non-hydrogen) atoms. The molecule has 1 heterocycles. The van der Waals surface area contributed by atoms with Crippen molar-refractivity contribution in [1.82, 2.24) is 4.90 Å². The predicted octanol–water partition coefficient (Wildman–Crippen LogP) is 3.56. The minimum atomic E-state index is 0.568. The predicted molar refractivity (Wildman–Crippen MR) is 72.8 cm³/mol. The highest BCUT2D eigenvalue weighted by Crippen LogP contribution is 2.62. The van der Waals surface area contributed by atoms with Gasteiger partial charge in [0, 0.05) is 18.6 Å². The molecule has 0 amide bonds. The van der Waals surface area contributed by atoms with Gasteiger partial charge in [0.2, 0.25) is 0 Å². The van der Waals surface area contributed by atoms with Gasteiger partial charge in [0.1, 0.15) is 0 Å². The molecule has 1 saturated carbocycles.